The molecule has 3 heteroatoms. The van der Waals surface area contributed by atoms with Gasteiger partial charge < -0.3 is 9.80 Å². The molecular formula is C68H81BN2. The second-order valence-electron chi connectivity index (χ2n) is 28.5. The molecule has 11 rings (SSSR count). The summed E-state index contributed by atoms with van der Waals surface area (Å²) in [5.74, 6) is 0. The number of aryl methyl sites for hydroxylation is 1. The highest BCUT2D eigenvalue weighted by Gasteiger charge is 2.50. The Bertz CT molecular complexity index is 3240. The number of fused-ring (bicyclic) bond motifs is 7. The van der Waals surface area contributed by atoms with Crippen LogP contribution in [0, 0.1) is 6.92 Å². The molecule has 0 N–H and O–H groups in total. The second kappa shape index (κ2) is 15.4. The molecule has 5 aliphatic rings. The van der Waals surface area contributed by atoms with E-state index in [0.29, 0.717) is 0 Å². The van der Waals surface area contributed by atoms with E-state index in [0.717, 1.165) is 6.42 Å². The molecule has 6 aromatic rings. The molecule has 0 saturated carbocycles. The van der Waals surface area contributed by atoms with Crippen molar-refractivity contribution >= 4 is 51.5 Å². The summed E-state index contributed by atoms with van der Waals surface area (Å²) in [6, 6.07) is 42.5. The highest BCUT2D eigenvalue weighted by molar-refractivity contribution is 7.03. The second-order valence-corrected chi connectivity index (χ2v) is 28.5. The highest BCUT2D eigenvalue weighted by Crippen LogP contribution is 2.56. The quantitative estimate of drug-likeness (QED) is 0.163. The lowest BCUT2D eigenvalue weighted by molar-refractivity contribution is 0.332. The van der Waals surface area contributed by atoms with Gasteiger partial charge in [-0.05, 0) is 191 Å². The van der Waals surface area contributed by atoms with Gasteiger partial charge in [0.2, 0.25) is 0 Å². The molecule has 2 heterocycles. The van der Waals surface area contributed by atoms with Gasteiger partial charge in [0.05, 0.1) is 5.69 Å². The van der Waals surface area contributed by atoms with Crippen LogP contribution in [-0.2, 0) is 44.3 Å². The van der Waals surface area contributed by atoms with Crippen molar-refractivity contribution in [3.8, 4) is 11.1 Å². The maximum absolute atomic E-state index is 2.77. The summed E-state index contributed by atoms with van der Waals surface area (Å²) in [5.41, 5.74) is 29.5. The average Bonchev–Trinajstić information content (AvgIpc) is 3.66. The Morgan fingerprint density at radius 2 is 0.930 bits per heavy atom. The molecule has 0 atom stereocenters. The molecule has 0 fully saturated rings. The number of nitrogens with zero attached hydrogens (tertiary/aromatic N) is 2. The Labute approximate surface area is 429 Å². The van der Waals surface area contributed by atoms with Crippen molar-refractivity contribution in [1.29, 1.82) is 0 Å². The van der Waals surface area contributed by atoms with Gasteiger partial charge in [-0.1, -0.05) is 178 Å². The van der Waals surface area contributed by atoms with E-state index < -0.39 is 0 Å². The third-order valence-corrected chi connectivity index (χ3v) is 18.4. The molecular weight excluding hydrogens is 856 g/mol. The first-order valence-corrected chi connectivity index (χ1v) is 27.2. The third kappa shape index (κ3) is 7.54. The average molecular weight is 937 g/mol. The van der Waals surface area contributed by atoms with Crippen molar-refractivity contribution in [2.75, 3.05) is 9.80 Å². The lowest BCUT2D eigenvalue weighted by atomic mass is 9.32. The monoisotopic (exact) mass is 937 g/mol. The summed E-state index contributed by atoms with van der Waals surface area (Å²) in [7, 11) is 0. The number of hydrogen-bond acceptors (Lipinski definition) is 2. The topological polar surface area (TPSA) is 6.48 Å². The first-order chi connectivity index (χ1) is 33.0. The van der Waals surface area contributed by atoms with Gasteiger partial charge in [-0.2, -0.15) is 0 Å². The van der Waals surface area contributed by atoms with E-state index in [2.05, 4.69) is 238 Å². The summed E-state index contributed by atoms with van der Waals surface area (Å²) in [6.07, 6.45) is 5.64. The van der Waals surface area contributed by atoms with E-state index in [-0.39, 0.29) is 44.6 Å². The van der Waals surface area contributed by atoms with Gasteiger partial charge in [-0.3, -0.25) is 0 Å². The summed E-state index contributed by atoms with van der Waals surface area (Å²) < 4.78 is 0. The van der Waals surface area contributed by atoms with Gasteiger partial charge in [0, 0.05) is 40.4 Å². The standard InChI is InChI=1S/C68H81BN2/c1-41-33-57-61-58(34-41)71(55-28-24-46(64(8,9)10)37-48(55)42-20-27-50-51(35-42)66(13,14)30-29-65(50,11)12)59-36-43-19-21-45(63(5,6)7)38-49(43)60(59)69(61)54-39-52-53(68(17,18)32-31-67(52,15)16)40-56(54)70(57)47-25-22-44(23-26-47)62(2,3)4/h19-28,33-35,37-40H,29-32,36H2,1-18H3. The fourth-order valence-electron chi connectivity index (χ4n) is 13.4. The van der Waals surface area contributed by atoms with Gasteiger partial charge in [-0.15, -0.1) is 0 Å². The molecule has 71 heavy (non-hydrogen) atoms. The molecule has 0 spiro atoms. The van der Waals surface area contributed by atoms with Crippen LogP contribution in [0.5, 0.6) is 0 Å². The Hall–Kier alpha value is -5.28. The van der Waals surface area contributed by atoms with Gasteiger partial charge in [0.25, 0.3) is 6.71 Å². The maximum atomic E-state index is 2.77. The Morgan fingerprint density at radius 1 is 0.437 bits per heavy atom. The number of benzene rings is 6. The van der Waals surface area contributed by atoms with Crippen molar-refractivity contribution in [1.82, 2.24) is 0 Å². The molecule has 0 saturated heterocycles. The zero-order valence-electron chi connectivity index (χ0n) is 46.8. The zero-order valence-corrected chi connectivity index (χ0v) is 46.8. The largest absolute Gasteiger partial charge is 0.314 e. The van der Waals surface area contributed by atoms with E-state index in [9.17, 15) is 0 Å². The van der Waals surface area contributed by atoms with Crippen LogP contribution < -0.4 is 20.7 Å². The number of allylic oxidation sites excluding steroid dienone is 1. The molecule has 0 bridgehead atoms. The van der Waals surface area contributed by atoms with E-state index >= 15 is 0 Å². The Morgan fingerprint density at radius 3 is 1.51 bits per heavy atom. The summed E-state index contributed by atoms with van der Waals surface area (Å²) in [5, 5.41) is 0. The fraction of sp³-hybridized carbons (Fsp3) is 0.441. The van der Waals surface area contributed by atoms with Gasteiger partial charge in [-0.25, -0.2) is 0 Å². The van der Waals surface area contributed by atoms with Crippen LogP contribution in [0.15, 0.2) is 109 Å². The van der Waals surface area contributed by atoms with Gasteiger partial charge in [0.15, 0.2) is 0 Å². The normalized spacial score (nSPS) is 19.2. The minimum atomic E-state index is -0.0240. The van der Waals surface area contributed by atoms with Gasteiger partial charge >= 0.3 is 0 Å². The van der Waals surface area contributed by atoms with Crippen LogP contribution in [-0.4, -0.2) is 6.71 Å². The Balaban J connectivity index is 1.26. The van der Waals surface area contributed by atoms with Crippen molar-refractivity contribution in [2.24, 2.45) is 0 Å². The summed E-state index contributed by atoms with van der Waals surface area (Å²) in [4.78, 5) is 5.44. The van der Waals surface area contributed by atoms with E-state index in [4.69, 9.17) is 0 Å². The van der Waals surface area contributed by atoms with E-state index in [1.54, 1.807) is 0 Å². The van der Waals surface area contributed by atoms with Crippen molar-refractivity contribution < 1.29 is 0 Å². The van der Waals surface area contributed by atoms with Crippen LogP contribution in [0.25, 0.3) is 16.6 Å². The number of anilines is 5. The number of hydrogen-bond donors (Lipinski definition) is 0. The summed E-state index contributed by atoms with van der Waals surface area (Å²) >= 11 is 0. The molecule has 0 radical (unpaired) electrons. The maximum Gasteiger partial charge on any atom is 0.252 e. The lowest BCUT2D eigenvalue weighted by Gasteiger charge is -2.47. The van der Waals surface area contributed by atoms with Crippen LogP contribution in [0.2, 0.25) is 0 Å². The molecule has 0 unspecified atom stereocenters. The van der Waals surface area contributed by atoms with Crippen molar-refractivity contribution in [2.45, 2.75) is 195 Å². The molecule has 2 nitrogen and oxygen atoms in total. The highest BCUT2D eigenvalue weighted by atomic mass is 15.2. The van der Waals surface area contributed by atoms with Crippen LogP contribution in [0.4, 0.5) is 28.4 Å². The van der Waals surface area contributed by atoms with Crippen molar-refractivity contribution in [3.05, 3.63) is 164 Å². The third-order valence-electron chi connectivity index (χ3n) is 18.4. The van der Waals surface area contributed by atoms with Gasteiger partial charge in [0.1, 0.15) is 0 Å². The Kier molecular flexibility index (Phi) is 10.4. The molecule has 2 aliphatic heterocycles. The van der Waals surface area contributed by atoms with Crippen molar-refractivity contribution in [3.63, 3.8) is 0 Å². The molecule has 0 aromatic heterocycles. The minimum Gasteiger partial charge on any atom is -0.314 e. The molecule has 3 aliphatic carbocycles. The first kappa shape index (κ1) is 48.0. The molecule has 366 valence electrons. The predicted molar refractivity (Wildman–Crippen MR) is 309 cm³/mol. The van der Waals surface area contributed by atoms with Crippen LogP contribution in [0.1, 0.15) is 199 Å². The predicted octanol–water partition coefficient (Wildman–Crippen LogP) is 17.3. The van der Waals surface area contributed by atoms with E-state index in [1.165, 1.54) is 143 Å². The smallest absolute Gasteiger partial charge is 0.252 e. The number of rotatable bonds is 3. The zero-order chi connectivity index (χ0) is 50.9. The van der Waals surface area contributed by atoms with Crippen LogP contribution >= 0.6 is 0 Å². The van der Waals surface area contributed by atoms with E-state index in [1.807, 2.05) is 0 Å². The van der Waals surface area contributed by atoms with Crippen LogP contribution in [0.3, 0.4) is 0 Å². The first-order valence-electron chi connectivity index (χ1n) is 27.2. The summed E-state index contributed by atoms with van der Waals surface area (Å²) in [6.45, 7) is 43.4. The minimum absolute atomic E-state index is 0.00674. The lowest BCUT2D eigenvalue weighted by Crippen LogP contribution is -2.56. The fourth-order valence-corrected chi connectivity index (χ4v) is 13.4. The molecule has 0 amide bonds. The molecule has 6 aromatic carbocycles. The SMILES string of the molecule is Cc1cc2c3c(c1)N(c1ccc(C(C)(C)C)cc1)c1cc4c(cc1B3C1=C(Cc3ccc(C(C)(C)C)cc31)N2c1ccc(C(C)(C)C)cc1-c1ccc2c(c1)C(C)(C)CCC2(C)C)C(C)(C)CCC4(C)C.